The highest BCUT2D eigenvalue weighted by Crippen LogP contribution is 2.19. The van der Waals surface area contributed by atoms with Crippen LogP contribution in [0.1, 0.15) is 28.5 Å². The summed E-state index contributed by atoms with van der Waals surface area (Å²) in [4.78, 5) is 16.7. The number of halogens is 1. The number of hydrogen-bond acceptors (Lipinski definition) is 3. The molecule has 1 heterocycles. The van der Waals surface area contributed by atoms with Crippen molar-refractivity contribution in [3.05, 3.63) is 77.4 Å². The fourth-order valence-electron chi connectivity index (χ4n) is 3.15. The topological polar surface area (TPSA) is 41.4 Å². The van der Waals surface area contributed by atoms with Gasteiger partial charge in [0.2, 0.25) is 0 Å². The van der Waals surface area contributed by atoms with Gasteiger partial charge in [0, 0.05) is 33.4 Å². The van der Waals surface area contributed by atoms with Crippen LogP contribution in [0.25, 0.3) is 5.69 Å². The molecule has 6 heteroatoms. The molecule has 0 aliphatic rings. The molecule has 0 saturated heterocycles. The van der Waals surface area contributed by atoms with Gasteiger partial charge in [-0.3, -0.25) is 4.79 Å². The van der Waals surface area contributed by atoms with Crippen LogP contribution in [0.3, 0.4) is 0 Å². The van der Waals surface area contributed by atoms with E-state index in [1.54, 1.807) is 35.0 Å². The first-order valence-electron chi connectivity index (χ1n) is 9.25. The first kappa shape index (κ1) is 19.6. The van der Waals surface area contributed by atoms with E-state index in [-0.39, 0.29) is 11.7 Å². The Hall–Kier alpha value is -3.15. The fraction of sp³-hybridized carbons (Fsp3) is 0.273. The molecule has 0 atom stereocenters. The van der Waals surface area contributed by atoms with Crippen LogP contribution >= 0.6 is 0 Å². The molecule has 3 aromatic rings. The lowest BCUT2D eigenvalue weighted by Gasteiger charge is -2.19. The van der Waals surface area contributed by atoms with Gasteiger partial charge in [0.25, 0.3) is 5.91 Å². The third-order valence-corrected chi connectivity index (χ3v) is 4.72. The standard InChI is InChI=1S/C22H25FN4O/c1-5-21-20(14-24-27(21)19-12-8-17(23)9-13-19)22(28)26(4)15-16-6-10-18(11-7-16)25(2)3/h6-14H,5,15H2,1-4H3. The van der Waals surface area contributed by atoms with Gasteiger partial charge in [-0.15, -0.1) is 0 Å². The minimum absolute atomic E-state index is 0.0816. The molecular weight excluding hydrogens is 355 g/mol. The molecule has 0 unspecified atom stereocenters. The van der Waals surface area contributed by atoms with Crippen molar-refractivity contribution in [2.75, 3.05) is 26.0 Å². The Bertz CT molecular complexity index is 946. The Morgan fingerprint density at radius 3 is 2.25 bits per heavy atom. The molecule has 0 bridgehead atoms. The molecule has 5 nitrogen and oxygen atoms in total. The van der Waals surface area contributed by atoms with Gasteiger partial charge in [-0.2, -0.15) is 5.10 Å². The second kappa shape index (κ2) is 8.25. The van der Waals surface area contributed by atoms with E-state index in [1.165, 1.54) is 12.1 Å². The smallest absolute Gasteiger partial charge is 0.257 e. The third-order valence-electron chi connectivity index (χ3n) is 4.72. The van der Waals surface area contributed by atoms with Crippen molar-refractivity contribution in [2.45, 2.75) is 19.9 Å². The van der Waals surface area contributed by atoms with E-state index in [2.05, 4.69) is 5.10 Å². The van der Waals surface area contributed by atoms with Gasteiger partial charge in [-0.1, -0.05) is 19.1 Å². The molecule has 3 rings (SSSR count). The van der Waals surface area contributed by atoms with E-state index in [0.29, 0.717) is 18.5 Å². The SMILES string of the molecule is CCc1c(C(=O)N(C)Cc2ccc(N(C)C)cc2)cnn1-c1ccc(F)cc1. The van der Waals surface area contributed by atoms with E-state index in [9.17, 15) is 9.18 Å². The predicted octanol–water partition coefficient (Wildman–Crippen LogP) is 3.91. The summed E-state index contributed by atoms with van der Waals surface area (Å²) in [7, 11) is 5.78. The summed E-state index contributed by atoms with van der Waals surface area (Å²) in [6, 6.07) is 14.2. The van der Waals surface area contributed by atoms with Crippen molar-refractivity contribution >= 4 is 11.6 Å². The van der Waals surface area contributed by atoms with E-state index >= 15 is 0 Å². The Labute approximate surface area is 165 Å². The summed E-state index contributed by atoms with van der Waals surface area (Å²) in [5, 5.41) is 4.37. The fourth-order valence-corrected chi connectivity index (χ4v) is 3.15. The minimum atomic E-state index is -0.301. The van der Waals surface area contributed by atoms with Gasteiger partial charge < -0.3 is 9.80 Å². The number of aromatic nitrogens is 2. The van der Waals surface area contributed by atoms with Crippen LogP contribution in [0.15, 0.2) is 54.7 Å². The van der Waals surface area contributed by atoms with Crippen LogP contribution in [0.5, 0.6) is 0 Å². The van der Waals surface area contributed by atoms with Crippen molar-refractivity contribution in [3.8, 4) is 5.69 Å². The highest BCUT2D eigenvalue weighted by atomic mass is 19.1. The molecule has 0 aliphatic carbocycles. The monoisotopic (exact) mass is 380 g/mol. The zero-order valence-electron chi connectivity index (χ0n) is 16.7. The largest absolute Gasteiger partial charge is 0.378 e. The van der Waals surface area contributed by atoms with Crippen LogP contribution < -0.4 is 4.90 Å². The molecule has 1 aromatic heterocycles. The first-order valence-corrected chi connectivity index (χ1v) is 9.25. The molecule has 2 aromatic carbocycles. The van der Waals surface area contributed by atoms with Crippen LogP contribution in [0, 0.1) is 5.82 Å². The number of carbonyl (C=O) groups is 1. The van der Waals surface area contributed by atoms with Crippen LogP contribution in [0.4, 0.5) is 10.1 Å². The zero-order valence-corrected chi connectivity index (χ0v) is 16.7. The summed E-state index contributed by atoms with van der Waals surface area (Å²) in [6.07, 6.45) is 2.24. The third kappa shape index (κ3) is 4.06. The Morgan fingerprint density at radius 1 is 1.04 bits per heavy atom. The number of hydrogen-bond donors (Lipinski definition) is 0. The molecule has 0 saturated carbocycles. The zero-order chi connectivity index (χ0) is 20.3. The normalized spacial score (nSPS) is 10.8. The van der Waals surface area contributed by atoms with Gasteiger partial charge in [-0.25, -0.2) is 9.07 Å². The van der Waals surface area contributed by atoms with Crippen LogP contribution in [0.2, 0.25) is 0 Å². The van der Waals surface area contributed by atoms with Crippen LogP contribution in [-0.2, 0) is 13.0 Å². The molecule has 0 N–H and O–H groups in total. The maximum atomic E-state index is 13.2. The van der Waals surface area contributed by atoms with Gasteiger partial charge in [0.05, 0.1) is 23.1 Å². The predicted molar refractivity (Wildman–Crippen MR) is 109 cm³/mol. The van der Waals surface area contributed by atoms with E-state index in [4.69, 9.17) is 0 Å². The summed E-state index contributed by atoms with van der Waals surface area (Å²) >= 11 is 0. The average Bonchev–Trinajstić information content (AvgIpc) is 3.12. The first-order chi connectivity index (χ1) is 13.4. The maximum Gasteiger partial charge on any atom is 0.257 e. The number of amides is 1. The number of anilines is 1. The molecular formula is C22H25FN4O. The summed E-state index contributed by atoms with van der Waals surface area (Å²) in [5.41, 5.74) is 4.29. The number of carbonyl (C=O) groups excluding carboxylic acids is 1. The Morgan fingerprint density at radius 2 is 1.68 bits per heavy atom. The van der Waals surface area contributed by atoms with Crippen molar-refractivity contribution < 1.29 is 9.18 Å². The van der Waals surface area contributed by atoms with E-state index < -0.39 is 0 Å². The molecule has 1 amide bonds. The Kier molecular flexibility index (Phi) is 5.78. The second-order valence-corrected chi connectivity index (χ2v) is 6.97. The quantitative estimate of drug-likeness (QED) is 0.651. The summed E-state index contributed by atoms with van der Waals surface area (Å²) in [6.45, 7) is 2.49. The van der Waals surface area contributed by atoms with Crippen LogP contribution in [-0.4, -0.2) is 41.7 Å². The molecule has 146 valence electrons. The average molecular weight is 380 g/mol. The Balaban J connectivity index is 1.80. The van der Waals surface area contributed by atoms with Gasteiger partial charge in [0.15, 0.2) is 0 Å². The van der Waals surface area contributed by atoms with Gasteiger partial charge >= 0.3 is 0 Å². The van der Waals surface area contributed by atoms with Crippen molar-refractivity contribution in [3.63, 3.8) is 0 Å². The lowest BCUT2D eigenvalue weighted by molar-refractivity contribution is 0.0784. The molecule has 0 fully saturated rings. The lowest BCUT2D eigenvalue weighted by Crippen LogP contribution is -2.27. The van der Waals surface area contributed by atoms with Gasteiger partial charge in [0.1, 0.15) is 5.82 Å². The molecule has 0 aliphatic heterocycles. The maximum absolute atomic E-state index is 13.2. The van der Waals surface area contributed by atoms with Crippen molar-refractivity contribution in [2.24, 2.45) is 0 Å². The lowest BCUT2D eigenvalue weighted by atomic mass is 10.1. The minimum Gasteiger partial charge on any atom is -0.378 e. The second-order valence-electron chi connectivity index (χ2n) is 6.97. The van der Waals surface area contributed by atoms with Gasteiger partial charge in [-0.05, 0) is 48.4 Å². The van der Waals surface area contributed by atoms with E-state index in [0.717, 1.165) is 22.6 Å². The number of benzene rings is 2. The van der Waals surface area contributed by atoms with Crippen molar-refractivity contribution in [1.82, 2.24) is 14.7 Å². The summed E-state index contributed by atoms with van der Waals surface area (Å²) < 4.78 is 14.9. The highest BCUT2D eigenvalue weighted by Gasteiger charge is 2.20. The highest BCUT2D eigenvalue weighted by molar-refractivity contribution is 5.95. The molecule has 0 spiro atoms. The molecule has 0 radical (unpaired) electrons. The molecule has 28 heavy (non-hydrogen) atoms. The summed E-state index contributed by atoms with van der Waals surface area (Å²) in [5.74, 6) is -0.382. The number of rotatable bonds is 6. The van der Waals surface area contributed by atoms with E-state index in [1.807, 2.05) is 50.2 Å². The van der Waals surface area contributed by atoms with Crippen molar-refractivity contribution in [1.29, 1.82) is 0 Å². The number of nitrogens with zero attached hydrogens (tertiary/aromatic N) is 4.